The third-order valence-electron chi connectivity index (χ3n) is 5.72. The highest BCUT2D eigenvalue weighted by Crippen LogP contribution is 2.26. The molecule has 2 aliphatic rings. The summed E-state index contributed by atoms with van der Waals surface area (Å²) in [5.41, 5.74) is 1.79. The average Bonchev–Trinajstić information content (AvgIpc) is 3.39. The fourth-order valence-corrected chi connectivity index (χ4v) is 4.21. The first-order valence-electron chi connectivity index (χ1n) is 10.9. The summed E-state index contributed by atoms with van der Waals surface area (Å²) in [6, 6.07) is 8.97. The van der Waals surface area contributed by atoms with Gasteiger partial charge >= 0.3 is 0 Å². The summed E-state index contributed by atoms with van der Waals surface area (Å²) in [7, 11) is 0. The van der Waals surface area contributed by atoms with Gasteiger partial charge in [-0.15, -0.1) is 24.0 Å². The Morgan fingerprint density at radius 1 is 1.07 bits per heavy atom. The predicted octanol–water partition coefficient (Wildman–Crippen LogP) is 3.13. The minimum Gasteiger partial charge on any atom is -0.357 e. The third kappa shape index (κ3) is 7.13. The molecule has 3 N–H and O–H groups in total. The van der Waals surface area contributed by atoms with Gasteiger partial charge in [-0.2, -0.15) is 0 Å². The Kier molecular flexibility index (Phi) is 10.2. The Labute approximate surface area is 192 Å². The van der Waals surface area contributed by atoms with Crippen molar-refractivity contribution in [3.8, 4) is 0 Å². The molecule has 1 amide bonds. The number of guanidine groups is 1. The highest BCUT2D eigenvalue weighted by Gasteiger charge is 2.30. The first-order chi connectivity index (χ1) is 13.7. The van der Waals surface area contributed by atoms with Crippen molar-refractivity contribution in [2.24, 2.45) is 4.99 Å². The maximum Gasteiger partial charge on any atom is 0.251 e. The van der Waals surface area contributed by atoms with Crippen LogP contribution in [0.25, 0.3) is 0 Å². The largest absolute Gasteiger partial charge is 0.357 e. The van der Waals surface area contributed by atoms with Crippen molar-refractivity contribution in [2.75, 3.05) is 26.2 Å². The molecule has 1 aliphatic carbocycles. The van der Waals surface area contributed by atoms with E-state index in [1.54, 1.807) is 0 Å². The number of halogens is 1. The minimum atomic E-state index is -0.0272. The highest BCUT2D eigenvalue weighted by atomic mass is 127. The number of aliphatic imine (C=N–C) groups is 1. The van der Waals surface area contributed by atoms with Crippen molar-refractivity contribution >= 4 is 35.8 Å². The number of hydrogen-bond acceptors (Lipinski definition) is 3. The zero-order valence-corrected chi connectivity index (χ0v) is 20.1. The van der Waals surface area contributed by atoms with E-state index < -0.39 is 0 Å². The summed E-state index contributed by atoms with van der Waals surface area (Å²) in [5.74, 6) is 0.856. The van der Waals surface area contributed by atoms with Gasteiger partial charge < -0.3 is 16.0 Å². The summed E-state index contributed by atoms with van der Waals surface area (Å²) in [4.78, 5) is 19.3. The number of rotatable bonds is 7. The van der Waals surface area contributed by atoms with Crippen LogP contribution >= 0.6 is 24.0 Å². The van der Waals surface area contributed by atoms with Gasteiger partial charge in [0.25, 0.3) is 5.91 Å². The Morgan fingerprint density at radius 2 is 1.76 bits per heavy atom. The monoisotopic (exact) mass is 513 g/mol. The third-order valence-corrected chi connectivity index (χ3v) is 5.72. The van der Waals surface area contributed by atoms with E-state index in [1.807, 2.05) is 31.2 Å². The molecule has 1 aliphatic heterocycles. The predicted molar refractivity (Wildman–Crippen MR) is 130 cm³/mol. The van der Waals surface area contributed by atoms with Crippen LogP contribution in [0.3, 0.4) is 0 Å². The van der Waals surface area contributed by atoms with Gasteiger partial charge in [0.05, 0.1) is 6.54 Å². The van der Waals surface area contributed by atoms with Gasteiger partial charge in [0, 0.05) is 43.8 Å². The molecule has 1 aromatic carbocycles. The summed E-state index contributed by atoms with van der Waals surface area (Å²) < 4.78 is 0. The number of nitrogens with zero attached hydrogens (tertiary/aromatic N) is 2. The van der Waals surface area contributed by atoms with Crippen molar-refractivity contribution in [1.29, 1.82) is 0 Å². The molecule has 6 nitrogen and oxygen atoms in total. The number of carbonyl (C=O) groups excluding carboxylic acids is 1. The molecule has 1 saturated heterocycles. The molecular weight excluding hydrogens is 477 g/mol. The van der Waals surface area contributed by atoms with Gasteiger partial charge in [-0.1, -0.05) is 25.0 Å². The molecule has 1 saturated carbocycles. The average molecular weight is 513 g/mol. The Bertz CT molecular complexity index is 658. The van der Waals surface area contributed by atoms with E-state index in [1.165, 1.54) is 38.6 Å². The SMILES string of the molecule is CCNC(=O)c1ccc(CN=C(NCC)NC2CCN(C3CCCC3)C2)cc1.I. The van der Waals surface area contributed by atoms with Crippen LogP contribution in [0, 0.1) is 0 Å². The Morgan fingerprint density at radius 3 is 2.41 bits per heavy atom. The van der Waals surface area contributed by atoms with Gasteiger partial charge in [0.2, 0.25) is 0 Å². The number of benzene rings is 1. The maximum absolute atomic E-state index is 11.9. The summed E-state index contributed by atoms with van der Waals surface area (Å²) >= 11 is 0. The molecule has 0 aromatic heterocycles. The second-order valence-corrected chi connectivity index (χ2v) is 7.81. The van der Waals surface area contributed by atoms with Crippen molar-refractivity contribution in [3.63, 3.8) is 0 Å². The Balaban J connectivity index is 0.00000300. The summed E-state index contributed by atoms with van der Waals surface area (Å²) in [6.07, 6.45) is 6.70. The first kappa shape index (κ1) is 23.9. The molecule has 7 heteroatoms. The topological polar surface area (TPSA) is 68.8 Å². The summed E-state index contributed by atoms with van der Waals surface area (Å²) in [6.45, 7) is 8.43. The molecule has 1 atom stereocenters. The lowest BCUT2D eigenvalue weighted by molar-refractivity contribution is 0.0956. The molecular formula is C22H36IN5O. The van der Waals surface area contributed by atoms with Crippen LogP contribution in [0.15, 0.2) is 29.3 Å². The first-order valence-corrected chi connectivity index (χ1v) is 10.9. The lowest BCUT2D eigenvalue weighted by Crippen LogP contribution is -2.45. The number of hydrogen-bond donors (Lipinski definition) is 3. The molecule has 0 radical (unpaired) electrons. The van der Waals surface area contributed by atoms with E-state index in [-0.39, 0.29) is 29.9 Å². The standard InChI is InChI=1S/C22H35N5O.HI/c1-3-23-21(28)18-11-9-17(10-12-18)15-25-22(24-4-2)26-19-13-14-27(16-19)20-7-5-6-8-20;/h9-12,19-20H,3-8,13-16H2,1-2H3,(H,23,28)(H2,24,25,26);1H. The molecule has 3 rings (SSSR count). The molecule has 2 fully saturated rings. The van der Waals surface area contributed by atoms with E-state index in [0.717, 1.165) is 30.7 Å². The van der Waals surface area contributed by atoms with Crippen LogP contribution in [0.2, 0.25) is 0 Å². The molecule has 0 spiro atoms. The Hall–Kier alpha value is -1.35. The van der Waals surface area contributed by atoms with Gasteiger partial charge in [-0.25, -0.2) is 4.99 Å². The van der Waals surface area contributed by atoms with Gasteiger partial charge in [-0.3, -0.25) is 9.69 Å². The van der Waals surface area contributed by atoms with E-state index >= 15 is 0 Å². The number of likely N-dealkylation sites (tertiary alicyclic amines) is 1. The van der Waals surface area contributed by atoms with Crippen LogP contribution in [-0.2, 0) is 6.54 Å². The van der Waals surface area contributed by atoms with Gasteiger partial charge in [0.15, 0.2) is 5.96 Å². The van der Waals surface area contributed by atoms with Crippen LogP contribution in [0.4, 0.5) is 0 Å². The molecule has 0 bridgehead atoms. The fourth-order valence-electron chi connectivity index (χ4n) is 4.21. The van der Waals surface area contributed by atoms with Crippen molar-refractivity contribution in [2.45, 2.75) is 64.6 Å². The quantitative estimate of drug-likeness (QED) is 0.298. The van der Waals surface area contributed by atoms with E-state index in [2.05, 4.69) is 27.8 Å². The van der Waals surface area contributed by atoms with E-state index in [4.69, 9.17) is 4.99 Å². The van der Waals surface area contributed by atoms with Gasteiger partial charge in [-0.05, 0) is 50.8 Å². The maximum atomic E-state index is 11.9. The van der Waals surface area contributed by atoms with Crippen molar-refractivity contribution in [1.82, 2.24) is 20.9 Å². The second kappa shape index (κ2) is 12.4. The van der Waals surface area contributed by atoms with E-state index in [9.17, 15) is 4.79 Å². The lowest BCUT2D eigenvalue weighted by Gasteiger charge is -2.24. The van der Waals surface area contributed by atoms with Crippen LogP contribution in [-0.4, -0.2) is 55.0 Å². The van der Waals surface area contributed by atoms with Crippen molar-refractivity contribution in [3.05, 3.63) is 35.4 Å². The van der Waals surface area contributed by atoms with Crippen molar-refractivity contribution < 1.29 is 4.79 Å². The second-order valence-electron chi connectivity index (χ2n) is 7.81. The van der Waals surface area contributed by atoms with Crippen LogP contribution < -0.4 is 16.0 Å². The zero-order chi connectivity index (χ0) is 19.8. The zero-order valence-electron chi connectivity index (χ0n) is 17.7. The summed E-state index contributed by atoms with van der Waals surface area (Å²) in [5, 5.41) is 9.81. The van der Waals surface area contributed by atoms with Gasteiger partial charge in [0.1, 0.15) is 0 Å². The molecule has 29 heavy (non-hydrogen) atoms. The normalized spacial score (nSPS) is 20.3. The lowest BCUT2D eigenvalue weighted by atomic mass is 10.1. The molecule has 1 unspecified atom stereocenters. The minimum absolute atomic E-state index is 0. The highest BCUT2D eigenvalue weighted by molar-refractivity contribution is 14.0. The van der Waals surface area contributed by atoms with Crippen LogP contribution in [0.5, 0.6) is 0 Å². The van der Waals surface area contributed by atoms with Crippen LogP contribution in [0.1, 0.15) is 61.9 Å². The number of amides is 1. The molecule has 1 heterocycles. The smallest absolute Gasteiger partial charge is 0.251 e. The molecule has 1 aromatic rings. The molecule has 162 valence electrons. The fraction of sp³-hybridized carbons (Fsp3) is 0.636. The number of carbonyl (C=O) groups is 1. The van der Waals surface area contributed by atoms with E-state index in [0.29, 0.717) is 24.7 Å². The number of nitrogens with one attached hydrogen (secondary N) is 3.